The van der Waals surface area contributed by atoms with Gasteiger partial charge in [0.25, 0.3) is 0 Å². The topological polar surface area (TPSA) is 80.0 Å². The van der Waals surface area contributed by atoms with Gasteiger partial charge in [-0.05, 0) is 24.6 Å². The van der Waals surface area contributed by atoms with Crippen LogP contribution >= 0.6 is 11.8 Å². The van der Waals surface area contributed by atoms with Crippen LogP contribution in [0.1, 0.15) is 11.1 Å². The zero-order chi connectivity index (χ0) is 22.6. The van der Waals surface area contributed by atoms with Crippen LogP contribution < -0.4 is 4.90 Å². The van der Waals surface area contributed by atoms with Crippen LogP contribution in [0, 0.1) is 6.92 Å². The highest BCUT2D eigenvalue weighted by atomic mass is 32.2. The molecule has 2 aromatic heterocycles. The van der Waals surface area contributed by atoms with Crippen molar-refractivity contribution in [3.63, 3.8) is 0 Å². The van der Waals surface area contributed by atoms with Crippen molar-refractivity contribution in [1.29, 1.82) is 0 Å². The summed E-state index contributed by atoms with van der Waals surface area (Å²) in [6, 6.07) is 18.6. The maximum Gasteiger partial charge on any atom is 0.233 e. The number of anilines is 1. The highest BCUT2D eigenvalue weighted by Gasteiger charge is 2.22. The number of benzene rings is 2. The minimum atomic E-state index is 0.117. The van der Waals surface area contributed by atoms with Gasteiger partial charge in [0.2, 0.25) is 5.91 Å². The molecule has 0 spiro atoms. The molecule has 1 aliphatic rings. The Hall–Kier alpha value is -3.46. The van der Waals surface area contributed by atoms with Gasteiger partial charge in [-0.25, -0.2) is 14.6 Å². The van der Waals surface area contributed by atoms with Crippen molar-refractivity contribution in [3.05, 3.63) is 72.1 Å². The van der Waals surface area contributed by atoms with E-state index in [4.69, 9.17) is 0 Å². The van der Waals surface area contributed by atoms with E-state index >= 15 is 0 Å². The fraction of sp³-hybridized carbons (Fsp3) is 0.292. The molecule has 1 saturated heterocycles. The van der Waals surface area contributed by atoms with Crippen LogP contribution in [0.25, 0.3) is 11.2 Å². The molecule has 8 nitrogen and oxygen atoms in total. The lowest BCUT2D eigenvalue weighted by molar-refractivity contribution is -0.128. The first-order chi connectivity index (χ1) is 16.2. The summed E-state index contributed by atoms with van der Waals surface area (Å²) in [5.74, 6) is 0.439. The van der Waals surface area contributed by atoms with E-state index in [-0.39, 0.29) is 5.91 Å². The van der Waals surface area contributed by atoms with Crippen LogP contribution in [0.5, 0.6) is 0 Å². The Kier molecular flexibility index (Phi) is 6.21. The first-order valence-corrected chi connectivity index (χ1v) is 12.0. The van der Waals surface area contributed by atoms with E-state index in [1.807, 2.05) is 23.1 Å². The molecule has 168 valence electrons. The average Bonchev–Trinajstić information content (AvgIpc) is 3.28. The number of hydrogen-bond acceptors (Lipinski definition) is 7. The Balaban J connectivity index is 1.20. The number of fused-ring (bicyclic) bond motifs is 1. The molecule has 9 heteroatoms. The van der Waals surface area contributed by atoms with E-state index in [0.29, 0.717) is 28.5 Å². The number of aromatic nitrogens is 5. The van der Waals surface area contributed by atoms with E-state index in [1.165, 1.54) is 29.3 Å². The zero-order valence-corrected chi connectivity index (χ0v) is 19.3. The van der Waals surface area contributed by atoms with E-state index in [2.05, 4.69) is 68.5 Å². The highest BCUT2D eigenvalue weighted by Crippen LogP contribution is 2.24. The van der Waals surface area contributed by atoms with Crippen molar-refractivity contribution in [3.8, 4) is 0 Å². The maximum absolute atomic E-state index is 12.8. The number of carbonyl (C=O) groups is 1. The number of aryl methyl sites for hydroxylation is 1. The van der Waals surface area contributed by atoms with Crippen molar-refractivity contribution in [1.82, 2.24) is 29.9 Å². The Bertz CT molecular complexity index is 1230. The molecule has 3 heterocycles. The van der Waals surface area contributed by atoms with Gasteiger partial charge in [0.05, 0.1) is 12.3 Å². The molecule has 0 aliphatic carbocycles. The van der Waals surface area contributed by atoms with Gasteiger partial charge in [-0.3, -0.25) is 4.79 Å². The molecule has 5 rings (SSSR count). The predicted molar refractivity (Wildman–Crippen MR) is 129 cm³/mol. The SMILES string of the molecule is Cc1ccc(Cn2nnc3c(SCC(=O)N4CCN(c5ccccc5)CC4)ncnc32)cc1. The molecule has 4 aromatic rings. The zero-order valence-electron chi connectivity index (χ0n) is 18.5. The summed E-state index contributed by atoms with van der Waals surface area (Å²) < 4.78 is 1.77. The molecule has 1 aliphatic heterocycles. The third-order valence-electron chi connectivity index (χ3n) is 5.81. The van der Waals surface area contributed by atoms with Gasteiger partial charge in [-0.15, -0.1) is 5.10 Å². The highest BCUT2D eigenvalue weighted by molar-refractivity contribution is 8.00. The van der Waals surface area contributed by atoms with Crippen molar-refractivity contribution < 1.29 is 4.79 Å². The van der Waals surface area contributed by atoms with E-state index in [0.717, 1.165) is 31.7 Å². The predicted octanol–water partition coefficient (Wildman–Crippen LogP) is 3.02. The molecular formula is C24H25N7OS. The number of hydrogen-bond donors (Lipinski definition) is 0. The molecule has 1 fully saturated rings. The summed E-state index contributed by atoms with van der Waals surface area (Å²) in [6.45, 7) is 5.77. The normalized spacial score (nSPS) is 14.1. The molecule has 0 radical (unpaired) electrons. The van der Waals surface area contributed by atoms with Crippen LogP contribution in [0.2, 0.25) is 0 Å². The number of amides is 1. The summed E-state index contributed by atoms with van der Waals surface area (Å²) in [7, 11) is 0. The van der Waals surface area contributed by atoms with E-state index in [1.54, 1.807) is 4.68 Å². The fourth-order valence-corrected chi connectivity index (χ4v) is 4.76. The second-order valence-electron chi connectivity index (χ2n) is 8.08. The molecule has 0 unspecified atom stereocenters. The summed E-state index contributed by atoms with van der Waals surface area (Å²) in [4.78, 5) is 25.8. The third-order valence-corrected chi connectivity index (χ3v) is 6.77. The number of para-hydroxylation sites is 1. The molecule has 0 N–H and O–H groups in total. The van der Waals surface area contributed by atoms with Gasteiger partial charge < -0.3 is 9.80 Å². The Morgan fingerprint density at radius 3 is 2.48 bits per heavy atom. The van der Waals surface area contributed by atoms with Gasteiger partial charge in [0.15, 0.2) is 11.2 Å². The van der Waals surface area contributed by atoms with Crippen LogP contribution in [0.3, 0.4) is 0 Å². The van der Waals surface area contributed by atoms with Crippen LogP contribution in [-0.2, 0) is 11.3 Å². The standard InChI is InChI=1S/C24H25N7OS/c1-18-7-9-19(10-8-18)15-31-23-22(27-28-31)24(26-17-25-23)33-16-21(32)30-13-11-29(12-14-30)20-5-3-2-4-6-20/h2-10,17H,11-16H2,1H3. The summed E-state index contributed by atoms with van der Waals surface area (Å²) in [6.07, 6.45) is 1.52. The molecule has 0 atom stereocenters. The first-order valence-electron chi connectivity index (χ1n) is 11.0. The number of thioether (sulfide) groups is 1. The van der Waals surface area contributed by atoms with Crippen molar-refractivity contribution in [2.75, 3.05) is 36.8 Å². The Morgan fingerprint density at radius 2 is 1.73 bits per heavy atom. The number of carbonyl (C=O) groups excluding carboxylic acids is 1. The Morgan fingerprint density at radius 1 is 0.970 bits per heavy atom. The van der Waals surface area contributed by atoms with Crippen LogP contribution in [-0.4, -0.2) is 67.7 Å². The Labute approximate surface area is 196 Å². The van der Waals surface area contributed by atoms with Crippen molar-refractivity contribution in [2.24, 2.45) is 0 Å². The van der Waals surface area contributed by atoms with E-state index < -0.39 is 0 Å². The molecule has 2 aromatic carbocycles. The lowest BCUT2D eigenvalue weighted by Gasteiger charge is -2.36. The minimum absolute atomic E-state index is 0.117. The summed E-state index contributed by atoms with van der Waals surface area (Å²) >= 11 is 1.40. The maximum atomic E-state index is 12.8. The molecule has 33 heavy (non-hydrogen) atoms. The van der Waals surface area contributed by atoms with Gasteiger partial charge in [-0.2, -0.15) is 0 Å². The molecule has 1 amide bonds. The monoisotopic (exact) mass is 459 g/mol. The molecular weight excluding hydrogens is 434 g/mol. The lowest BCUT2D eigenvalue weighted by Crippen LogP contribution is -2.49. The smallest absolute Gasteiger partial charge is 0.233 e. The first kappa shape index (κ1) is 21.4. The molecule has 0 saturated carbocycles. The number of piperazine rings is 1. The van der Waals surface area contributed by atoms with Crippen molar-refractivity contribution in [2.45, 2.75) is 18.5 Å². The quantitative estimate of drug-likeness (QED) is 0.324. The lowest BCUT2D eigenvalue weighted by atomic mass is 10.1. The molecule has 0 bridgehead atoms. The van der Waals surface area contributed by atoms with Gasteiger partial charge in [-0.1, -0.05) is 65.0 Å². The summed E-state index contributed by atoms with van der Waals surface area (Å²) in [5.41, 5.74) is 4.86. The third kappa shape index (κ3) is 4.83. The number of nitrogens with zero attached hydrogens (tertiary/aromatic N) is 7. The second kappa shape index (κ2) is 9.58. The average molecular weight is 460 g/mol. The minimum Gasteiger partial charge on any atom is -0.368 e. The number of rotatable bonds is 6. The van der Waals surface area contributed by atoms with Crippen LogP contribution in [0.4, 0.5) is 5.69 Å². The largest absolute Gasteiger partial charge is 0.368 e. The fourth-order valence-electron chi connectivity index (χ4n) is 3.92. The van der Waals surface area contributed by atoms with Crippen molar-refractivity contribution >= 4 is 34.5 Å². The summed E-state index contributed by atoms with van der Waals surface area (Å²) in [5, 5.41) is 9.27. The van der Waals surface area contributed by atoms with Crippen LogP contribution in [0.15, 0.2) is 66.0 Å². The van der Waals surface area contributed by atoms with Gasteiger partial charge >= 0.3 is 0 Å². The van der Waals surface area contributed by atoms with Gasteiger partial charge in [0, 0.05) is 31.9 Å². The van der Waals surface area contributed by atoms with Gasteiger partial charge in [0.1, 0.15) is 11.4 Å². The van der Waals surface area contributed by atoms with E-state index in [9.17, 15) is 4.79 Å². The second-order valence-corrected chi connectivity index (χ2v) is 9.04.